The molecule has 122 valence electrons. The number of amides is 2. The van der Waals surface area contributed by atoms with E-state index in [0.29, 0.717) is 12.8 Å². The molecule has 4 heteroatoms. The number of fused-ring (bicyclic) bond motifs is 3. The van der Waals surface area contributed by atoms with Gasteiger partial charge >= 0.3 is 6.09 Å². The zero-order valence-electron chi connectivity index (χ0n) is 13.5. The number of ether oxygens (including phenoxy) is 1. The Labute approximate surface area is 141 Å². The van der Waals surface area contributed by atoms with E-state index in [1.165, 1.54) is 4.90 Å². The van der Waals surface area contributed by atoms with Gasteiger partial charge in [-0.05, 0) is 23.1 Å². The first-order valence-electron chi connectivity index (χ1n) is 8.30. The summed E-state index contributed by atoms with van der Waals surface area (Å²) in [7, 11) is 0. The van der Waals surface area contributed by atoms with Gasteiger partial charge in [-0.1, -0.05) is 61.5 Å². The normalized spacial score (nSPS) is 22.7. The van der Waals surface area contributed by atoms with Gasteiger partial charge in [0.15, 0.2) is 0 Å². The van der Waals surface area contributed by atoms with Crippen LogP contribution in [0.3, 0.4) is 0 Å². The van der Waals surface area contributed by atoms with Crippen LogP contribution in [0.25, 0.3) is 0 Å². The van der Waals surface area contributed by atoms with Crippen molar-refractivity contribution < 1.29 is 14.3 Å². The van der Waals surface area contributed by atoms with Crippen molar-refractivity contribution in [2.45, 2.75) is 31.9 Å². The molecule has 1 aliphatic carbocycles. The van der Waals surface area contributed by atoms with E-state index in [1.54, 1.807) is 0 Å². The van der Waals surface area contributed by atoms with Gasteiger partial charge < -0.3 is 4.74 Å². The van der Waals surface area contributed by atoms with E-state index in [4.69, 9.17) is 4.74 Å². The second kappa shape index (κ2) is 5.78. The third-order valence-electron chi connectivity index (χ3n) is 4.92. The van der Waals surface area contributed by atoms with Gasteiger partial charge in [0, 0.05) is 12.3 Å². The lowest BCUT2D eigenvalue weighted by atomic mass is 9.98. The summed E-state index contributed by atoms with van der Waals surface area (Å²) < 4.78 is 5.47. The standard InChI is InChI=1S/C20H19NO3/c1-13(11-14-7-3-2-4-8-14)19(22)21-18-16-10-6-5-9-15(16)12-17(18)24-20(21)23/h2-10,13,17-18H,11-12H2,1H3/t13-,17+,18-/m0/s1. The fraction of sp³-hybridized carbons (Fsp3) is 0.300. The van der Waals surface area contributed by atoms with Gasteiger partial charge in [-0.3, -0.25) is 4.79 Å². The van der Waals surface area contributed by atoms with Crippen molar-refractivity contribution in [2.75, 3.05) is 0 Å². The van der Waals surface area contributed by atoms with E-state index in [9.17, 15) is 9.59 Å². The summed E-state index contributed by atoms with van der Waals surface area (Å²) in [4.78, 5) is 26.6. The van der Waals surface area contributed by atoms with Crippen molar-refractivity contribution in [1.29, 1.82) is 0 Å². The van der Waals surface area contributed by atoms with Crippen LogP contribution >= 0.6 is 0 Å². The topological polar surface area (TPSA) is 46.6 Å². The minimum atomic E-state index is -0.510. The van der Waals surface area contributed by atoms with E-state index >= 15 is 0 Å². The molecule has 2 aromatic carbocycles. The fourth-order valence-corrected chi connectivity index (χ4v) is 3.77. The molecular formula is C20H19NO3. The monoisotopic (exact) mass is 321 g/mol. The SMILES string of the molecule is C[C@@H](Cc1ccccc1)C(=O)N1C(=O)O[C@@H]2Cc3ccccc3[C@@H]21. The highest BCUT2D eigenvalue weighted by atomic mass is 16.6. The summed E-state index contributed by atoms with van der Waals surface area (Å²) in [6.45, 7) is 1.87. The van der Waals surface area contributed by atoms with E-state index in [1.807, 2.05) is 61.5 Å². The fourth-order valence-electron chi connectivity index (χ4n) is 3.77. The molecule has 0 N–H and O–H groups in total. The molecule has 0 unspecified atom stereocenters. The number of hydrogen-bond acceptors (Lipinski definition) is 3. The molecule has 2 amide bonds. The molecule has 24 heavy (non-hydrogen) atoms. The molecule has 0 radical (unpaired) electrons. The molecule has 0 aromatic heterocycles. The molecule has 1 fully saturated rings. The van der Waals surface area contributed by atoms with Crippen LogP contribution < -0.4 is 0 Å². The van der Waals surface area contributed by atoms with Crippen molar-refractivity contribution in [3.8, 4) is 0 Å². The molecule has 2 aromatic rings. The van der Waals surface area contributed by atoms with Crippen LogP contribution in [-0.4, -0.2) is 23.0 Å². The van der Waals surface area contributed by atoms with Gasteiger partial charge in [-0.15, -0.1) is 0 Å². The van der Waals surface area contributed by atoms with E-state index in [2.05, 4.69) is 0 Å². The minimum absolute atomic E-state index is 0.159. The largest absolute Gasteiger partial charge is 0.443 e. The Kier molecular flexibility index (Phi) is 3.60. The van der Waals surface area contributed by atoms with Crippen molar-refractivity contribution >= 4 is 12.0 Å². The van der Waals surface area contributed by atoms with Crippen LogP contribution in [0.15, 0.2) is 54.6 Å². The maximum absolute atomic E-state index is 12.9. The highest BCUT2D eigenvalue weighted by molar-refractivity contribution is 5.95. The first-order valence-corrected chi connectivity index (χ1v) is 8.30. The molecular weight excluding hydrogens is 302 g/mol. The average Bonchev–Trinajstić information content (AvgIpc) is 3.09. The highest BCUT2D eigenvalue weighted by Crippen LogP contribution is 2.43. The van der Waals surface area contributed by atoms with Gasteiger partial charge in [0.2, 0.25) is 5.91 Å². The van der Waals surface area contributed by atoms with Crippen molar-refractivity contribution in [3.05, 3.63) is 71.3 Å². The van der Waals surface area contributed by atoms with Crippen LogP contribution in [-0.2, 0) is 22.4 Å². The second-order valence-corrected chi connectivity index (χ2v) is 6.57. The molecule has 0 bridgehead atoms. The van der Waals surface area contributed by atoms with Gasteiger partial charge in [-0.2, -0.15) is 0 Å². The highest BCUT2D eigenvalue weighted by Gasteiger charge is 2.50. The first kappa shape index (κ1) is 14.9. The van der Waals surface area contributed by atoms with Gasteiger partial charge in [-0.25, -0.2) is 9.69 Å². The molecule has 4 rings (SSSR count). The van der Waals surface area contributed by atoms with Crippen LogP contribution in [0.4, 0.5) is 4.79 Å². The van der Waals surface area contributed by atoms with Crippen LogP contribution in [0.1, 0.15) is 29.7 Å². The van der Waals surface area contributed by atoms with Crippen LogP contribution in [0.2, 0.25) is 0 Å². The first-order chi connectivity index (χ1) is 11.6. The molecule has 4 nitrogen and oxygen atoms in total. The Balaban J connectivity index is 1.58. The minimum Gasteiger partial charge on any atom is -0.443 e. The smallest absolute Gasteiger partial charge is 0.417 e. The zero-order chi connectivity index (χ0) is 16.7. The van der Waals surface area contributed by atoms with Gasteiger partial charge in [0.25, 0.3) is 0 Å². The summed E-state index contributed by atoms with van der Waals surface area (Å²) in [6.07, 6.45) is 0.540. The molecule has 2 aliphatic rings. The molecule has 1 saturated heterocycles. The van der Waals surface area contributed by atoms with Gasteiger partial charge in [0.05, 0.1) is 0 Å². The Bertz CT molecular complexity index is 786. The van der Waals surface area contributed by atoms with E-state index in [0.717, 1.165) is 16.7 Å². The Hall–Kier alpha value is -2.62. The lowest BCUT2D eigenvalue weighted by Crippen LogP contribution is -2.38. The number of rotatable bonds is 3. The summed E-state index contributed by atoms with van der Waals surface area (Å²) >= 11 is 0. The van der Waals surface area contributed by atoms with Crippen LogP contribution in [0, 0.1) is 5.92 Å². The summed E-state index contributed by atoms with van der Waals surface area (Å²) in [5.74, 6) is -0.431. The Morgan fingerprint density at radius 3 is 2.67 bits per heavy atom. The van der Waals surface area contributed by atoms with Crippen LogP contribution in [0.5, 0.6) is 0 Å². The van der Waals surface area contributed by atoms with E-state index < -0.39 is 6.09 Å². The molecule has 0 saturated carbocycles. The molecule has 3 atom stereocenters. The quantitative estimate of drug-likeness (QED) is 0.869. The summed E-state index contributed by atoms with van der Waals surface area (Å²) in [6, 6.07) is 17.5. The molecule has 1 heterocycles. The summed E-state index contributed by atoms with van der Waals surface area (Å²) in [5, 5.41) is 0. The van der Waals surface area contributed by atoms with Gasteiger partial charge in [0.1, 0.15) is 12.1 Å². The number of benzene rings is 2. The predicted octanol–water partition coefficient (Wildman–Crippen LogP) is 3.51. The maximum atomic E-state index is 12.9. The third-order valence-corrected chi connectivity index (χ3v) is 4.92. The average molecular weight is 321 g/mol. The van der Waals surface area contributed by atoms with Crippen molar-refractivity contribution in [2.24, 2.45) is 5.92 Å². The van der Waals surface area contributed by atoms with E-state index in [-0.39, 0.29) is 24.0 Å². The lowest BCUT2D eigenvalue weighted by molar-refractivity contribution is -0.133. The Morgan fingerprint density at radius 2 is 1.88 bits per heavy atom. The number of hydrogen-bond donors (Lipinski definition) is 0. The second-order valence-electron chi connectivity index (χ2n) is 6.57. The van der Waals surface area contributed by atoms with Crippen molar-refractivity contribution in [3.63, 3.8) is 0 Å². The number of imide groups is 1. The number of carbonyl (C=O) groups excluding carboxylic acids is 2. The Morgan fingerprint density at radius 1 is 1.17 bits per heavy atom. The maximum Gasteiger partial charge on any atom is 0.417 e. The lowest BCUT2D eigenvalue weighted by Gasteiger charge is -2.23. The van der Waals surface area contributed by atoms with Crippen molar-refractivity contribution in [1.82, 2.24) is 4.90 Å². The third kappa shape index (κ3) is 2.39. The molecule has 1 aliphatic heterocycles. The number of carbonyl (C=O) groups is 2. The predicted molar refractivity (Wildman–Crippen MR) is 89.3 cm³/mol. The number of nitrogens with zero attached hydrogens (tertiary/aromatic N) is 1. The molecule has 0 spiro atoms. The zero-order valence-corrected chi connectivity index (χ0v) is 13.5. The summed E-state index contributed by atoms with van der Waals surface area (Å²) in [5.41, 5.74) is 3.29.